The first-order valence-corrected chi connectivity index (χ1v) is 15.9. The fourth-order valence-electron chi connectivity index (χ4n) is 6.10. The number of hydrogen-bond acceptors (Lipinski definition) is 5. The van der Waals surface area contributed by atoms with Gasteiger partial charge in [-0.1, -0.05) is 81.4 Å². The van der Waals surface area contributed by atoms with Crippen LogP contribution in [0.5, 0.6) is 0 Å². The van der Waals surface area contributed by atoms with Gasteiger partial charge in [-0.2, -0.15) is 0 Å². The van der Waals surface area contributed by atoms with Crippen LogP contribution in [0.15, 0.2) is 60.7 Å². The van der Waals surface area contributed by atoms with Crippen LogP contribution in [0.1, 0.15) is 73.1 Å². The Labute approximate surface area is 228 Å². The van der Waals surface area contributed by atoms with Crippen molar-refractivity contribution in [3.8, 4) is 0 Å². The average molecular weight is 541 g/mol. The summed E-state index contributed by atoms with van der Waals surface area (Å²) in [5, 5.41) is 12.0. The third-order valence-electron chi connectivity index (χ3n) is 7.72. The van der Waals surface area contributed by atoms with E-state index in [2.05, 4.69) is 45.0 Å². The van der Waals surface area contributed by atoms with Gasteiger partial charge in [-0.15, -0.1) is 0 Å². The molecule has 38 heavy (non-hydrogen) atoms. The summed E-state index contributed by atoms with van der Waals surface area (Å²) in [5.41, 5.74) is 0. The molecule has 2 heterocycles. The Kier molecular flexibility index (Phi) is 9.15. The second-order valence-corrected chi connectivity index (χ2v) is 16.5. The minimum atomic E-state index is -2.88. The molecule has 2 aliphatic rings. The maximum Gasteiger partial charge on any atom is 0.305 e. The Balaban J connectivity index is 1.58. The van der Waals surface area contributed by atoms with Crippen LogP contribution in [-0.2, 0) is 23.4 Å². The van der Waals surface area contributed by atoms with Crippen molar-refractivity contribution in [1.29, 1.82) is 0 Å². The molecule has 4 atom stereocenters. The molecular formula is C31H44O6Si. The number of carbonyl (C=O) groups is 1. The van der Waals surface area contributed by atoms with E-state index in [0.717, 1.165) is 36.1 Å². The quantitative estimate of drug-likeness (QED) is 0.414. The first kappa shape index (κ1) is 29.0. The van der Waals surface area contributed by atoms with E-state index in [9.17, 15) is 9.90 Å². The molecule has 2 unspecified atom stereocenters. The number of carboxylic acids is 1. The summed E-state index contributed by atoms with van der Waals surface area (Å²) in [7, 11) is -2.88. The molecule has 2 aromatic rings. The van der Waals surface area contributed by atoms with Gasteiger partial charge in [-0.3, -0.25) is 4.79 Å². The number of ether oxygens (including phenoxy) is 3. The van der Waals surface area contributed by atoms with E-state index < -0.39 is 26.2 Å². The number of benzene rings is 2. The van der Waals surface area contributed by atoms with Crippen molar-refractivity contribution in [2.45, 2.75) is 108 Å². The Morgan fingerprint density at radius 2 is 1.58 bits per heavy atom. The SMILES string of the molecule is CC1(C)OCC(C[C@H]2CCCC(C[C@@H](CC(=O)O)O[Si](c3ccccc3)(c3ccccc3)C(C)(C)C)O2)O1. The third-order valence-corrected chi connectivity index (χ3v) is 12.8. The van der Waals surface area contributed by atoms with Crippen molar-refractivity contribution in [1.82, 2.24) is 0 Å². The van der Waals surface area contributed by atoms with E-state index in [-0.39, 0.29) is 29.8 Å². The van der Waals surface area contributed by atoms with E-state index >= 15 is 0 Å². The normalized spacial score (nSPS) is 24.7. The number of carboxylic acid groups (broad SMARTS) is 1. The molecule has 0 spiro atoms. The van der Waals surface area contributed by atoms with Crippen LogP contribution in [-0.4, -0.2) is 56.2 Å². The summed E-state index contributed by atoms with van der Waals surface area (Å²) in [5.74, 6) is -1.39. The first-order chi connectivity index (χ1) is 18.0. The van der Waals surface area contributed by atoms with E-state index in [0.29, 0.717) is 13.0 Å². The van der Waals surface area contributed by atoms with E-state index in [1.54, 1.807) is 0 Å². The van der Waals surface area contributed by atoms with Crippen LogP contribution in [0.25, 0.3) is 0 Å². The van der Waals surface area contributed by atoms with Crippen LogP contribution >= 0.6 is 0 Å². The predicted octanol–water partition coefficient (Wildman–Crippen LogP) is 5.28. The zero-order valence-electron chi connectivity index (χ0n) is 23.5. The fraction of sp³-hybridized carbons (Fsp3) is 0.581. The molecule has 2 saturated heterocycles. The third kappa shape index (κ3) is 6.93. The van der Waals surface area contributed by atoms with Crippen molar-refractivity contribution in [3.63, 3.8) is 0 Å². The molecule has 6 nitrogen and oxygen atoms in total. The molecule has 0 aliphatic carbocycles. The second kappa shape index (κ2) is 12.0. The van der Waals surface area contributed by atoms with Gasteiger partial charge in [0, 0.05) is 6.42 Å². The molecule has 7 heteroatoms. The van der Waals surface area contributed by atoms with Gasteiger partial charge in [0.05, 0.1) is 37.4 Å². The number of hydrogen-bond donors (Lipinski definition) is 1. The molecule has 0 amide bonds. The zero-order valence-corrected chi connectivity index (χ0v) is 24.5. The highest BCUT2D eigenvalue weighted by Gasteiger charge is 2.52. The zero-order chi connectivity index (χ0) is 27.4. The standard InChI is InChI=1S/C31H44O6Si/c1-30(2,3)38(27-15-8-6-9-16-27,28-17-10-7-11-18-28)37-25(21-29(32)33)19-23-13-12-14-24(35-23)20-26-22-34-31(4,5)36-26/h6-11,15-18,23-26H,12-14,19-22H2,1-5H3,(H,32,33)/t23?,24-,25+,26?/m1/s1. The lowest BCUT2D eigenvalue weighted by Crippen LogP contribution is -2.68. The monoisotopic (exact) mass is 540 g/mol. The molecule has 2 aliphatic heterocycles. The van der Waals surface area contributed by atoms with Gasteiger partial charge in [-0.25, -0.2) is 0 Å². The van der Waals surface area contributed by atoms with E-state index in [1.807, 2.05) is 50.2 Å². The van der Waals surface area contributed by atoms with Crippen LogP contribution < -0.4 is 10.4 Å². The van der Waals surface area contributed by atoms with Crippen molar-refractivity contribution < 1.29 is 28.5 Å². The molecule has 0 bridgehead atoms. The maximum absolute atomic E-state index is 12.1. The second-order valence-electron chi connectivity index (χ2n) is 12.2. The Morgan fingerprint density at radius 1 is 1.00 bits per heavy atom. The Hall–Kier alpha value is -2.03. The highest BCUT2D eigenvalue weighted by molar-refractivity contribution is 6.99. The largest absolute Gasteiger partial charge is 0.481 e. The van der Waals surface area contributed by atoms with Gasteiger partial charge in [0.2, 0.25) is 0 Å². The summed E-state index contributed by atoms with van der Waals surface area (Å²) in [6, 6.07) is 20.8. The number of rotatable bonds is 10. The molecule has 2 aromatic carbocycles. The molecular weight excluding hydrogens is 496 g/mol. The molecule has 0 saturated carbocycles. The number of aliphatic carboxylic acids is 1. The van der Waals surface area contributed by atoms with Gasteiger partial charge < -0.3 is 23.7 Å². The Morgan fingerprint density at radius 3 is 2.08 bits per heavy atom. The van der Waals surface area contributed by atoms with Crippen molar-refractivity contribution in [2.24, 2.45) is 0 Å². The minimum absolute atomic E-state index is 0.0249. The fourth-order valence-corrected chi connectivity index (χ4v) is 10.8. The van der Waals surface area contributed by atoms with Crippen LogP contribution in [0.2, 0.25) is 5.04 Å². The smallest absolute Gasteiger partial charge is 0.305 e. The summed E-state index contributed by atoms with van der Waals surface area (Å²) < 4.78 is 25.5. The van der Waals surface area contributed by atoms with Crippen molar-refractivity contribution in [2.75, 3.05) is 6.61 Å². The minimum Gasteiger partial charge on any atom is -0.481 e. The average Bonchev–Trinajstić information content (AvgIpc) is 3.20. The highest BCUT2D eigenvalue weighted by atomic mass is 28.4. The molecule has 208 valence electrons. The molecule has 0 radical (unpaired) electrons. The maximum atomic E-state index is 12.1. The first-order valence-electron chi connectivity index (χ1n) is 14.0. The van der Waals surface area contributed by atoms with Crippen molar-refractivity contribution in [3.05, 3.63) is 60.7 Å². The van der Waals surface area contributed by atoms with Gasteiger partial charge in [0.15, 0.2) is 5.79 Å². The lowest BCUT2D eigenvalue weighted by molar-refractivity contribution is -0.147. The highest BCUT2D eigenvalue weighted by Crippen LogP contribution is 2.39. The summed E-state index contributed by atoms with van der Waals surface area (Å²) in [4.78, 5) is 12.1. The topological polar surface area (TPSA) is 74.2 Å². The van der Waals surface area contributed by atoms with Gasteiger partial charge in [-0.05, 0) is 54.9 Å². The van der Waals surface area contributed by atoms with Gasteiger partial charge >= 0.3 is 5.97 Å². The predicted molar refractivity (Wildman–Crippen MR) is 151 cm³/mol. The lowest BCUT2D eigenvalue weighted by atomic mass is 9.96. The molecule has 1 N–H and O–H groups in total. The summed E-state index contributed by atoms with van der Waals surface area (Å²) >= 11 is 0. The lowest BCUT2D eigenvalue weighted by Gasteiger charge is -2.45. The van der Waals surface area contributed by atoms with Gasteiger partial charge in [0.25, 0.3) is 8.32 Å². The molecule has 0 aromatic heterocycles. The van der Waals surface area contributed by atoms with Gasteiger partial charge in [0.1, 0.15) is 0 Å². The van der Waals surface area contributed by atoms with Crippen molar-refractivity contribution >= 4 is 24.7 Å². The molecule has 4 rings (SSSR count). The van der Waals surface area contributed by atoms with E-state index in [1.165, 1.54) is 0 Å². The van der Waals surface area contributed by atoms with Crippen LogP contribution in [0.3, 0.4) is 0 Å². The molecule has 2 fully saturated rings. The van der Waals surface area contributed by atoms with Crippen LogP contribution in [0, 0.1) is 0 Å². The summed E-state index contributed by atoms with van der Waals surface area (Å²) in [6.07, 6.45) is 3.82. The van der Waals surface area contributed by atoms with Crippen LogP contribution in [0.4, 0.5) is 0 Å². The summed E-state index contributed by atoms with van der Waals surface area (Å²) in [6.45, 7) is 11.1. The Bertz CT molecular complexity index is 996. The van der Waals surface area contributed by atoms with E-state index in [4.69, 9.17) is 18.6 Å².